The van der Waals surface area contributed by atoms with Gasteiger partial charge in [0, 0.05) is 55.5 Å². The topological polar surface area (TPSA) is 146 Å². The molecule has 0 amide bonds. The maximum Gasteiger partial charge on any atom is 0.325 e. The zero-order valence-electron chi connectivity index (χ0n) is 32.2. The SMILES string of the molecule is CNCc1ccc2c(c1)Oc1cc(N(C)C)ccc1C2c1ccc(NCC(=O)OC)c(OCCOc2cc(OC)ccc2N(CC(=O)OC)CC(=O)OC)c1. The number of benzene rings is 4. The first-order valence-corrected chi connectivity index (χ1v) is 17.6. The standard InChI is InChI=1S/C41H48N4O10/c1-42-22-26-8-12-30-34(18-26)55-35-20-28(44(2)3)10-13-31(35)41(30)27-9-14-32(43-23-38(46)50-5)36(19-27)53-16-17-54-37-21-29(49-4)11-15-33(37)45(24-39(47)51-6)25-40(48)52-7/h8-15,18-21,41-43H,16-17,22-25H2,1-7H3. The molecule has 2 N–H and O–H groups in total. The number of carbonyl (C=O) groups is 3. The third-order valence-corrected chi connectivity index (χ3v) is 9.01. The van der Waals surface area contributed by atoms with Gasteiger partial charge in [0.15, 0.2) is 0 Å². The number of rotatable bonds is 18. The molecule has 0 radical (unpaired) electrons. The van der Waals surface area contributed by atoms with Gasteiger partial charge in [-0.05, 0) is 54.6 Å². The Labute approximate surface area is 321 Å². The highest BCUT2D eigenvalue weighted by molar-refractivity contribution is 5.83. The van der Waals surface area contributed by atoms with E-state index >= 15 is 0 Å². The van der Waals surface area contributed by atoms with E-state index in [1.807, 2.05) is 50.3 Å². The van der Waals surface area contributed by atoms with Gasteiger partial charge in [0.2, 0.25) is 0 Å². The molecule has 0 fully saturated rings. The van der Waals surface area contributed by atoms with Crippen LogP contribution < -0.4 is 39.4 Å². The summed E-state index contributed by atoms with van der Waals surface area (Å²) in [7, 11) is 11.3. The molecule has 1 aliphatic heterocycles. The van der Waals surface area contributed by atoms with Crippen LogP contribution in [0.2, 0.25) is 0 Å². The summed E-state index contributed by atoms with van der Waals surface area (Å²) >= 11 is 0. The van der Waals surface area contributed by atoms with E-state index in [9.17, 15) is 14.4 Å². The number of hydrogen-bond acceptors (Lipinski definition) is 14. The summed E-state index contributed by atoms with van der Waals surface area (Å²) in [5.41, 5.74) is 6.08. The molecule has 1 atom stereocenters. The predicted molar refractivity (Wildman–Crippen MR) is 208 cm³/mol. The van der Waals surface area contributed by atoms with Crippen LogP contribution in [0.4, 0.5) is 17.1 Å². The average Bonchev–Trinajstić information content (AvgIpc) is 3.20. The van der Waals surface area contributed by atoms with Gasteiger partial charge in [0.25, 0.3) is 0 Å². The highest BCUT2D eigenvalue weighted by Crippen LogP contribution is 2.49. The van der Waals surface area contributed by atoms with Crippen LogP contribution >= 0.6 is 0 Å². The average molecular weight is 757 g/mol. The normalized spacial score (nSPS) is 12.6. The molecule has 0 aliphatic carbocycles. The van der Waals surface area contributed by atoms with Crippen molar-refractivity contribution in [2.75, 3.05) is 97.5 Å². The van der Waals surface area contributed by atoms with E-state index in [-0.39, 0.29) is 38.8 Å². The molecule has 4 aromatic rings. The first-order chi connectivity index (χ1) is 26.6. The van der Waals surface area contributed by atoms with Gasteiger partial charge in [-0.1, -0.05) is 24.3 Å². The monoisotopic (exact) mass is 756 g/mol. The molecule has 5 rings (SSSR count). The summed E-state index contributed by atoms with van der Waals surface area (Å²) in [6.07, 6.45) is 0. The summed E-state index contributed by atoms with van der Waals surface area (Å²) in [6, 6.07) is 23.3. The van der Waals surface area contributed by atoms with Crippen molar-refractivity contribution in [1.82, 2.24) is 5.32 Å². The highest BCUT2D eigenvalue weighted by Gasteiger charge is 2.30. The van der Waals surface area contributed by atoms with Crippen molar-refractivity contribution < 1.29 is 47.5 Å². The van der Waals surface area contributed by atoms with E-state index in [4.69, 9.17) is 33.2 Å². The number of anilines is 3. The first-order valence-electron chi connectivity index (χ1n) is 17.6. The van der Waals surface area contributed by atoms with Crippen LogP contribution in [0.25, 0.3) is 0 Å². The van der Waals surface area contributed by atoms with Crippen LogP contribution in [-0.4, -0.2) is 100 Å². The number of hydrogen-bond donors (Lipinski definition) is 2. The molecular weight excluding hydrogens is 708 g/mol. The zero-order chi connectivity index (χ0) is 39.5. The van der Waals surface area contributed by atoms with Crippen molar-refractivity contribution in [1.29, 1.82) is 0 Å². The Morgan fingerprint density at radius 3 is 2.02 bits per heavy atom. The number of nitrogens with one attached hydrogen (secondary N) is 2. The lowest BCUT2D eigenvalue weighted by molar-refractivity contribution is -0.140. The second-order valence-corrected chi connectivity index (χ2v) is 12.8. The van der Waals surface area contributed by atoms with Gasteiger partial charge in [0.1, 0.15) is 61.6 Å². The molecule has 14 nitrogen and oxygen atoms in total. The van der Waals surface area contributed by atoms with Crippen LogP contribution in [0.5, 0.6) is 28.7 Å². The van der Waals surface area contributed by atoms with E-state index in [0.717, 1.165) is 39.4 Å². The lowest BCUT2D eigenvalue weighted by Crippen LogP contribution is -2.36. The number of carbonyl (C=O) groups excluding carboxylic acids is 3. The van der Waals surface area contributed by atoms with Crippen molar-refractivity contribution in [2.45, 2.75) is 12.5 Å². The zero-order valence-corrected chi connectivity index (χ0v) is 32.2. The number of methoxy groups -OCH3 is 4. The van der Waals surface area contributed by atoms with Gasteiger partial charge < -0.3 is 53.6 Å². The number of nitrogens with zero attached hydrogens (tertiary/aromatic N) is 2. The quantitative estimate of drug-likeness (QED) is 0.0706. The van der Waals surface area contributed by atoms with Crippen LogP contribution in [0.3, 0.4) is 0 Å². The van der Waals surface area contributed by atoms with E-state index in [2.05, 4.69) is 41.0 Å². The second kappa shape index (κ2) is 18.7. The van der Waals surface area contributed by atoms with Crippen LogP contribution in [0, 0.1) is 0 Å². The molecule has 0 spiro atoms. The van der Waals surface area contributed by atoms with E-state index < -0.39 is 17.9 Å². The summed E-state index contributed by atoms with van der Waals surface area (Å²) in [6.45, 7) is 0.323. The maximum absolute atomic E-state index is 12.3. The van der Waals surface area contributed by atoms with Gasteiger partial charge in [-0.3, -0.25) is 14.4 Å². The smallest absolute Gasteiger partial charge is 0.325 e. The molecule has 292 valence electrons. The molecule has 0 saturated carbocycles. The minimum absolute atomic E-state index is 0.0651. The molecule has 1 heterocycles. The molecule has 1 unspecified atom stereocenters. The maximum atomic E-state index is 12.3. The van der Waals surface area contributed by atoms with Crippen LogP contribution in [0.1, 0.15) is 28.2 Å². The lowest BCUT2D eigenvalue weighted by Gasteiger charge is -2.30. The van der Waals surface area contributed by atoms with Gasteiger partial charge in [-0.25, -0.2) is 0 Å². The van der Waals surface area contributed by atoms with Crippen molar-refractivity contribution in [2.24, 2.45) is 0 Å². The molecule has 55 heavy (non-hydrogen) atoms. The van der Waals surface area contributed by atoms with Gasteiger partial charge in [0.05, 0.1) is 39.8 Å². The third-order valence-electron chi connectivity index (χ3n) is 9.01. The number of fused-ring (bicyclic) bond motifs is 2. The summed E-state index contributed by atoms with van der Waals surface area (Å²) in [4.78, 5) is 40.2. The molecule has 4 aromatic carbocycles. The van der Waals surface area contributed by atoms with Crippen molar-refractivity contribution in [3.05, 3.63) is 95.1 Å². The van der Waals surface area contributed by atoms with E-state index in [1.165, 1.54) is 33.3 Å². The summed E-state index contributed by atoms with van der Waals surface area (Å²) in [5.74, 6) is 1.14. The van der Waals surface area contributed by atoms with Crippen molar-refractivity contribution in [3.63, 3.8) is 0 Å². The molecular formula is C41H48N4O10. The Hall–Kier alpha value is -6.15. The van der Waals surface area contributed by atoms with E-state index in [0.29, 0.717) is 35.2 Å². The van der Waals surface area contributed by atoms with Crippen LogP contribution in [-0.2, 0) is 35.1 Å². The largest absolute Gasteiger partial charge is 0.497 e. The fraction of sp³-hybridized carbons (Fsp3) is 0.341. The number of esters is 3. The third kappa shape index (κ3) is 9.89. The minimum atomic E-state index is -0.549. The fourth-order valence-corrected chi connectivity index (χ4v) is 6.18. The highest BCUT2D eigenvalue weighted by atomic mass is 16.5. The fourth-order valence-electron chi connectivity index (χ4n) is 6.18. The Balaban J connectivity index is 1.46. The van der Waals surface area contributed by atoms with Crippen molar-refractivity contribution in [3.8, 4) is 28.7 Å². The Bertz CT molecular complexity index is 1970. The molecule has 0 aromatic heterocycles. The minimum Gasteiger partial charge on any atom is -0.497 e. The molecule has 0 bridgehead atoms. The summed E-state index contributed by atoms with van der Waals surface area (Å²) < 4.78 is 39.1. The first kappa shape index (κ1) is 40.0. The second-order valence-electron chi connectivity index (χ2n) is 12.8. The Kier molecular flexibility index (Phi) is 13.6. The predicted octanol–water partition coefficient (Wildman–Crippen LogP) is 4.96. The van der Waals surface area contributed by atoms with Crippen LogP contribution in [0.15, 0.2) is 72.8 Å². The Morgan fingerprint density at radius 2 is 1.38 bits per heavy atom. The molecule has 1 aliphatic rings. The van der Waals surface area contributed by atoms with Gasteiger partial charge >= 0.3 is 17.9 Å². The van der Waals surface area contributed by atoms with E-state index in [1.54, 1.807) is 18.2 Å². The van der Waals surface area contributed by atoms with Gasteiger partial charge in [-0.15, -0.1) is 0 Å². The molecule has 14 heteroatoms. The van der Waals surface area contributed by atoms with Crippen molar-refractivity contribution >= 4 is 35.0 Å². The summed E-state index contributed by atoms with van der Waals surface area (Å²) in [5, 5.41) is 6.34. The Morgan fingerprint density at radius 1 is 0.727 bits per heavy atom. The molecule has 0 saturated heterocycles. The number of ether oxygens (including phenoxy) is 7. The lowest BCUT2D eigenvalue weighted by atomic mass is 9.82. The van der Waals surface area contributed by atoms with Gasteiger partial charge in [-0.2, -0.15) is 0 Å².